The van der Waals surface area contributed by atoms with Crippen molar-refractivity contribution in [3.05, 3.63) is 23.7 Å². The van der Waals surface area contributed by atoms with Gasteiger partial charge in [-0.05, 0) is 64.8 Å². The lowest BCUT2D eigenvalue weighted by molar-refractivity contribution is 0.215. The van der Waals surface area contributed by atoms with Crippen molar-refractivity contribution >= 4 is 0 Å². The van der Waals surface area contributed by atoms with Crippen molar-refractivity contribution in [2.45, 2.75) is 45.1 Å². The van der Waals surface area contributed by atoms with Gasteiger partial charge in [0, 0.05) is 25.6 Å². The molecule has 108 valence electrons. The molecular formula is C16H28N2O. The number of nitrogens with one attached hydrogen (secondary N) is 1. The molecule has 0 spiro atoms. The number of likely N-dealkylation sites (N-methyl/N-ethyl adjacent to an activating group) is 1. The molecule has 1 aromatic rings. The van der Waals surface area contributed by atoms with E-state index in [-0.39, 0.29) is 0 Å². The first-order valence-corrected chi connectivity index (χ1v) is 7.58. The molecule has 0 aromatic carbocycles. The molecule has 0 atom stereocenters. The second kappa shape index (κ2) is 7.11. The maximum Gasteiger partial charge on any atom is 0.105 e. The highest BCUT2D eigenvalue weighted by Gasteiger charge is 2.20. The molecule has 0 amide bonds. The van der Waals surface area contributed by atoms with Gasteiger partial charge in [-0.15, -0.1) is 0 Å². The van der Waals surface area contributed by atoms with Crippen molar-refractivity contribution in [3.8, 4) is 0 Å². The zero-order chi connectivity index (χ0) is 13.7. The zero-order valence-electron chi connectivity index (χ0n) is 12.6. The Morgan fingerprint density at radius 1 is 1.26 bits per heavy atom. The highest BCUT2D eigenvalue weighted by molar-refractivity contribution is 5.05. The summed E-state index contributed by atoms with van der Waals surface area (Å²) in [6.45, 7) is 4.34. The first-order valence-electron chi connectivity index (χ1n) is 7.58. The monoisotopic (exact) mass is 264 g/mol. The second-order valence-electron chi connectivity index (χ2n) is 6.03. The Bertz CT molecular complexity index is 367. The van der Waals surface area contributed by atoms with E-state index in [0.717, 1.165) is 36.4 Å². The summed E-state index contributed by atoms with van der Waals surface area (Å²) < 4.78 is 5.62. The van der Waals surface area contributed by atoms with Crippen LogP contribution in [0.5, 0.6) is 0 Å². The van der Waals surface area contributed by atoms with E-state index < -0.39 is 0 Å². The number of rotatable bonds is 6. The van der Waals surface area contributed by atoms with Gasteiger partial charge < -0.3 is 14.6 Å². The minimum atomic E-state index is 0.757. The molecule has 1 aliphatic carbocycles. The van der Waals surface area contributed by atoms with Crippen LogP contribution < -0.4 is 5.32 Å². The number of aryl methyl sites for hydroxylation is 1. The van der Waals surface area contributed by atoms with Crippen molar-refractivity contribution in [2.75, 3.05) is 27.2 Å². The third-order valence-corrected chi connectivity index (χ3v) is 4.36. The Morgan fingerprint density at radius 2 is 2.00 bits per heavy atom. The summed E-state index contributed by atoms with van der Waals surface area (Å²) in [7, 11) is 4.32. The average molecular weight is 264 g/mol. The van der Waals surface area contributed by atoms with Crippen LogP contribution in [0.1, 0.15) is 37.2 Å². The van der Waals surface area contributed by atoms with Crippen LogP contribution in [0.25, 0.3) is 0 Å². The van der Waals surface area contributed by atoms with Crippen LogP contribution in [0.4, 0.5) is 0 Å². The lowest BCUT2D eigenvalue weighted by Gasteiger charge is -2.31. The first kappa shape index (κ1) is 14.6. The van der Waals surface area contributed by atoms with Gasteiger partial charge in [-0.25, -0.2) is 0 Å². The number of hydrogen-bond acceptors (Lipinski definition) is 3. The zero-order valence-corrected chi connectivity index (χ0v) is 12.6. The fraction of sp³-hybridized carbons (Fsp3) is 0.750. The van der Waals surface area contributed by atoms with Gasteiger partial charge in [-0.3, -0.25) is 0 Å². The Balaban J connectivity index is 1.65. The summed E-state index contributed by atoms with van der Waals surface area (Å²) in [5.41, 5.74) is 0. The normalized spacial score (nSPS) is 24.0. The van der Waals surface area contributed by atoms with Crippen molar-refractivity contribution in [1.82, 2.24) is 10.2 Å². The van der Waals surface area contributed by atoms with Gasteiger partial charge >= 0.3 is 0 Å². The molecule has 0 bridgehead atoms. The van der Waals surface area contributed by atoms with E-state index in [1.807, 2.05) is 13.0 Å². The molecular weight excluding hydrogens is 236 g/mol. The third kappa shape index (κ3) is 4.66. The van der Waals surface area contributed by atoms with Crippen LogP contribution in [0.2, 0.25) is 0 Å². The topological polar surface area (TPSA) is 28.4 Å². The molecule has 1 aliphatic rings. The third-order valence-electron chi connectivity index (χ3n) is 4.36. The van der Waals surface area contributed by atoms with Crippen LogP contribution >= 0.6 is 0 Å². The van der Waals surface area contributed by atoms with Gasteiger partial charge in [-0.2, -0.15) is 0 Å². The van der Waals surface area contributed by atoms with Gasteiger partial charge in [0.05, 0.1) is 0 Å². The summed E-state index contributed by atoms with van der Waals surface area (Å²) in [6.07, 6.45) is 6.44. The highest BCUT2D eigenvalue weighted by atomic mass is 16.3. The van der Waals surface area contributed by atoms with E-state index in [1.165, 1.54) is 32.2 Å². The van der Waals surface area contributed by atoms with Crippen LogP contribution in [0.3, 0.4) is 0 Å². The van der Waals surface area contributed by atoms with E-state index in [4.69, 9.17) is 4.42 Å². The van der Waals surface area contributed by atoms with Crippen LogP contribution in [0, 0.1) is 12.8 Å². The smallest absolute Gasteiger partial charge is 0.105 e. The lowest BCUT2D eigenvalue weighted by Crippen LogP contribution is -2.35. The molecule has 0 radical (unpaired) electrons. The predicted octanol–water partition coefficient (Wildman–Crippen LogP) is 2.84. The number of nitrogens with zero attached hydrogens (tertiary/aromatic N) is 1. The Hall–Kier alpha value is -0.800. The van der Waals surface area contributed by atoms with Crippen molar-refractivity contribution < 1.29 is 4.42 Å². The molecule has 0 saturated heterocycles. The van der Waals surface area contributed by atoms with Gasteiger partial charge in [0.25, 0.3) is 0 Å². The summed E-state index contributed by atoms with van der Waals surface area (Å²) in [5, 5.41) is 3.40. The Kier molecular flexibility index (Phi) is 5.46. The van der Waals surface area contributed by atoms with Crippen LogP contribution in [-0.2, 0) is 6.42 Å². The predicted molar refractivity (Wildman–Crippen MR) is 79.5 cm³/mol. The number of furan rings is 1. The first-order chi connectivity index (χ1) is 9.17. The number of hydrogen-bond donors (Lipinski definition) is 1. The van der Waals surface area contributed by atoms with E-state index in [0.29, 0.717) is 0 Å². The highest BCUT2D eigenvalue weighted by Crippen LogP contribution is 2.24. The molecule has 1 heterocycles. The molecule has 1 fully saturated rings. The average Bonchev–Trinajstić information content (AvgIpc) is 2.83. The summed E-state index contributed by atoms with van der Waals surface area (Å²) >= 11 is 0. The van der Waals surface area contributed by atoms with Crippen LogP contribution in [-0.4, -0.2) is 38.1 Å². The van der Waals surface area contributed by atoms with Crippen molar-refractivity contribution in [3.63, 3.8) is 0 Å². The maximum atomic E-state index is 5.62. The van der Waals surface area contributed by atoms with Crippen LogP contribution in [0.15, 0.2) is 16.5 Å². The summed E-state index contributed by atoms with van der Waals surface area (Å²) in [4.78, 5) is 2.46. The molecule has 1 saturated carbocycles. The Morgan fingerprint density at radius 3 is 2.58 bits per heavy atom. The van der Waals surface area contributed by atoms with Crippen molar-refractivity contribution in [1.29, 1.82) is 0 Å². The van der Waals surface area contributed by atoms with Gasteiger partial charge in [-0.1, -0.05) is 0 Å². The molecule has 0 unspecified atom stereocenters. The van der Waals surface area contributed by atoms with Gasteiger partial charge in [0.15, 0.2) is 0 Å². The van der Waals surface area contributed by atoms with E-state index in [9.17, 15) is 0 Å². The molecule has 19 heavy (non-hydrogen) atoms. The maximum absolute atomic E-state index is 5.62. The van der Waals surface area contributed by atoms with Crippen molar-refractivity contribution in [2.24, 2.45) is 5.92 Å². The molecule has 1 N–H and O–H groups in total. The molecule has 3 heteroatoms. The fourth-order valence-electron chi connectivity index (χ4n) is 3.09. The second-order valence-corrected chi connectivity index (χ2v) is 6.03. The molecule has 3 nitrogen and oxygen atoms in total. The van der Waals surface area contributed by atoms with Gasteiger partial charge in [0.2, 0.25) is 0 Å². The molecule has 0 aliphatic heterocycles. The van der Waals surface area contributed by atoms with E-state index in [1.54, 1.807) is 0 Å². The molecule has 2 rings (SSSR count). The largest absolute Gasteiger partial charge is 0.466 e. The molecule has 1 aromatic heterocycles. The quantitative estimate of drug-likeness (QED) is 0.856. The van der Waals surface area contributed by atoms with Gasteiger partial charge in [0.1, 0.15) is 11.5 Å². The van der Waals surface area contributed by atoms with E-state index >= 15 is 0 Å². The summed E-state index contributed by atoms with van der Waals surface area (Å²) in [5.74, 6) is 3.01. The van der Waals surface area contributed by atoms with E-state index in [2.05, 4.69) is 30.4 Å². The fourth-order valence-corrected chi connectivity index (χ4v) is 3.09. The Labute approximate surface area is 117 Å². The standard InChI is InChI=1S/C16H28N2O/c1-13-4-9-16(19-13)10-11-18(3)12-14-5-7-15(17-2)8-6-14/h4,9,14-15,17H,5-8,10-12H2,1-3H3. The summed E-state index contributed by atoms with van der Waals surface area (Å²) in [6, 6.07) is 4.91. The minimum Gasteiger partial charge on any atom is -0.466 e. The SMILES string of the molecule is CNC1CCC(CN(C)CCc2ccc(C)o2)CC1. The lowest BCUT2D eigenvalue weighted by atomic mass is 9.86. The minimum absolute atomic E-state index is 0.757.